The standard InChI is InChI=1S/C21H21NO3/c1-14-10-19(24-2)20(25-3)12-17(14)13-21(23)22-18-9-8-15-6-4-5-7-16(15)11-18/h4-12H,13H2,1-3H3,(H,22,23). The smallest absolute Gasteiger partial charge is 0.228 e. The number of benzene rings is 3. The summed E-state index contributed by atoms with van der Waals surface area (Å²) in [5.41, 5.74) is 2.70. The van der Waals surface area contributed by atoms with Gasteiger partial charge in [-0.2, -0.15) is 0 Å². The summed E-state index contributed by atoms with van der Waals surface area (Å²) in [4.78, 5) is 12.4. The highest BCUT2D eigenvalue weighted by atomic mass is 16.5. The highest BCUT2D eigenvalue weighted by Gasteiger charge is 2.12. The molecule has 0 aliphatic heterocycles. The van der Waals surface area contributed by atoms with E-state index in [1.165, 1.54) is 0 Å². The second-order valence-electron chi connectivity index (χ2n) is 5.92. The molecule has 0 atom stereocenters. The van der Waals surface area contributed by atoms with Gasteiger partial charge in [0.05, 0.1) is 20.6 Å². The van der Waals surface area contributed by atoms with Crippen molar-refractivity contribution in [2.75, 3.05) is 19.5 Å². The van der Waals surface area contributed by atoms with Crippen molar-refractivity contribution in [3.05, 3.63) is 65.7 Å². The lowest BCUT2D eigenvalue weighted by Gasteiger charge is -2.13. The van der Waals surface area contributed by atoms with Crippen molar-refractivity contribution < 1.29 is 14.3 Å². The molecule has 0 unspecified atom stereocenters. The Morgan fingerprint density at radius 3 is 2.32 bits per heavy atom. The minimum absolute atomic E-state index is 0.0643. The van der Waals surface area contributed by atoms with Gasteiger partial charge in [0.15, 0.2) is 11.5 Å². The van der Waals surface area contributed by atoms with E-state index in [4.69, 9.17) is 9.47 Å². The minimum Gasteiger partial charge on any atom is -0.493 e. The highest BCUT2D eigenvalue weighted by Crippen LogP contribution is 2.30. The van der Waals surface area contributed by atoms with E-state index in [2.05, 4.69) is 5.32 Å². The van der Waals surface area contributed by atoms with Crippen LogP contribution in [0.4, 0.5) is 5.69 Å². The first-order chi connectivity index (χ1) is 12.1. The average molecular weight is 335 g/mol. The molecule has 25 heavy (non-hydrogen) atoms. The number of anilines is 1. The zero-order valence-electron chi connectivity index (χ0n) is 14.6. The van der Waals surface area contributed by atoms with Gasteiger partial charge in [0.1, 0.15) is 0 Å². The summed E-state index contributed by atoms with van der Waals surface area (Å²) in [6.07, 6.45) is 0.277. The maximum Gasteiger partial charge on any atom is 0.228 e. The van der Waals surface area contributed by atoms with Crippen LogP contribution in [0, 0.1) is 6.92 Å². The van der Waals surface area contributed by atoms with Crippen molar-refractivity contribution >= 4 is 22.4 Å². The van der Waals surface area contributed by atoms with Crippen LogP contribution in [-0.2, 0) is 11.2 Å². The molecule has 0 bridgehead atoms. The Hall–Kier alpha value is -3.01. The molecule has 0 aliphatic rings. The maximum absolute atomic E-state index is 12.4. The van der Waals surface area contributed by atoms with Gasteiger partial charge in [0, 0.05) is 5.69 Å². The molecule has 0 aliphatic carbocycles. The van der Waals surface area contributed by atoms with E-state index in [1.54, 1.807) is 14.2 Å². The van der Waals surface area contributed by atoms with E-state index in [9.17, 15) is 4.79 Å². The number of aryl methyl sites for hydroxylation is 1. The molecule has 1 N–H and O–H groups in total. The van der Waals surface area contributed by atoms with Crippen molar-refractivity contribution in [3.63, 3.8) is 0 Å². The molecule has 0 fully saturated rings. The number of ether oxygens (including phenoxy) is 2. The van der Waals surface area contributed by atoms with Crippen LogP contribution in [0.15, 0.2) is 54.6 Å². The third-order valence-corrected chi connectivity index (χ3v) is 4.23. The maximum atomic E-state index is 12.4. The van der Waals surface area contributed by atoms with E-state index in [-0.39, 0.29) is 12.3 Å². The number of nitrogens with one attached hydrogen (secondary N) is 1. The van der Waals surface area contributed by atoms with Crippen LogP contribution >= 0.6 is 0 Å². The molecule has 1 amide bonds. The van der Waals surface area contributed by atoms with Crippen molar-refractivity contribution in [2.24, 2.45) is 0 Å². The van der Waals surface area contributed by atoms with Gasteiger partial charge in [-0.1, -0.05) is 30.3 Å². The summed E-state index contributed by atoms with van der Waals surface area (Å²) in [6.45, 7) is 1.96. The number of rotatable bonds is 5. The molecular weight excluding hydrogens is 314 g/mol. The Morgan fingerprint density at radius 1 is 0.920 bits per heavy atom. The number of methoxy groups -OCH3 is 2. The van der Waals surface area contributed by atoms with Gasteiger partial charge in [0.2, 0.25) is 5.91 Å². The van der Waals surface area contributed by atoms with Gasteiger partial charge >= 0.3 is 0 Å². The first kappa shape index (κ1) is 16.8. The van der Waals surface area contributed by atoms with Crippen molar-refractivity contribution in [3.8, 4) is 11.5 Å². The fraction of sp³-hybridized carbons (Fsp3) is 0.190. The van der Waals surface area contributed by atoms with Gasteiger partial charge in [-0.3, -0.25) is 4.79 Å². The highest BCUT2D eigenvalue weighted by molar-refractivity contribution is 5.95. The molecule has 3 aromatic carbocycles. The topological polar surface area (TPSA) is 47.6 Å². The molecule has 3 rings (SSSR count). The monoisotopic (exact) mass is 335 g/mol. The number of hydrogen-bond acceptors (Lipinski definition) is 3. The number of carbonyl (C=O) groups excluding carboxylic acids is 1. The molecular formula is C21H21NO3. The summed E-state index contributed by atoms with van der Waals surface area (Å²) in [5, 5.41) is 5.21. The Morgan fingerprint density at radius 2 is 1.60 bits per heavy atom. The normalized spacial score (nSPS) is 10.5. The van der Waals surface area contributed by atoms with Crippen molar-refractivity contribution in [1.29, 1.82) is 0 Å². The third kappa shape index (κ3) is 3.74. The first-order valence-electron chi connectivity index (χ1n) is 8.11. The Labute approximate surface area is 147 Å². The Bertz CT molecular complexity index is 918. The van der Waals surface area contributed by atoms with Crippen LogP contribution in [0.3, 0.4) is 0 Å². The minimum atomic E-state index is -0.0643. The van der Waals surface area contributed by atoms with Gasteiger partial charge in [0.25, 0.3) is 0 Å². The van der Waals surface area contributed by atoms with Crippen LogP contribution in [0.1, 0.15) is 11.1 Å². The van der Waals surface area contributed by atoms with Crippen LogP contribution in [0.5, 0.6) is 11.5 Å². The lowest BCUT2D eigenvalue weighted by Crippen LogP contribution is -2.15. The van der Waals surface area contributed by atoms with E-state index in [1.807, 2.05) is 61.5 Å². The van der Waals surface area contributed by atoms with Crippen molar-refractivity contribution in [2.45, 2.75) is 13.3 Å². The lowest BCUT2D eigenvalue weighted by molar-refractivity contribution is -0.115. The summed E-state index contributed by atoms with van der Waals surface area (Å²) in [5.74, 6) is 1.23. The predicted octanol–water partition coefficient (Wildman–Crippen LogP) is 4.35. The zero-order valence-corrected chi connectivity index (χ0v) is 14.6. The number of carbonyl (C=O) groups is 1. The van der Waals surface area contributed by atoms with Crippen molar-refractivity contribution in [1.82, 2.24) is 0 Å². The van der Waals surface area contributed by atoms with Gasteiger partial charge in [-0.25, -0.2) is 0 Å². The second kappa shape index (κ2) is 7.26. The SMILES string of the molecule is COc1cc(C)c(CC(=O)Nc2ccc3ccccc3c2)cc1OC. The number of fused-ring (bicyclic) bond motifs is 1. The third-order valence-electron chi connectivity index (χ3n) is 4.23. The van der Waals surface area contributed by atoms with Crippen LogP contribution in [0.25, 0.3) is 10.8 Å². The van der Waals surface area contributed by atoms with E-state index >= 15 is 0 Å². The lowest BCUT2D eigenvalue weighted by atomic mass is 10.0. The summed E-state index contributed by atoms with van der Waals surface area (Å²) >= 11 is 0. The van der Waals surface area contributed by atoms with E-state index in [0.717, 1.165) is 27.6 Å². The summed E-state index contributed by atoms with van der Waals surface area (Å²) in [6, 6.07) is 17.7. The summed E-state index contributed by atoms with van der Waals surface area (Å²) < 4.78 is 10.6. The number of amides is 1. The second-order valence-corrected chi connectivity index (χ2v) is 5.92. The fourth-order valence-electron chi connectivity index (χ4n) is 2.86. The molecule has 4 nitrogen and oxygen atoms in total. The van der Waals surface area contributed by atoms with Crippen LogP contribution in [0.2, 0.25) is 0 Å². The predicted molar refractivity (Wildman–Crippen MR) is 101 cm³/mol. The zero-order chi connectivity index (χ0) is 17.8. The molecule has 0 aromatic heterocycles. The van der Waals surface area contributed by atoms with E-state index in [0.29, 0.717) is 11.5 Å². The molecule has 0 radical (unpaired) electrons. The molecule has 3 aromatic rings. The molecule has 0 saturated carbocycles. The average Bonchev–Trinajstić information content (AvgIpc) is 2.62. The van der Waals surface area contributed by atoms with Gasteiger partial charge in [-0.05, 0) is 53.1 Å². The molecule has 128 valence electrons. The molecule has 0 spiro atoms. The molecule has 0 saturated heterocycles. The quantitative estimate of drug-likeness (QED) is 0.754. The molecule has 0 heterocycles. The van der Waals surface area contributed by atoms with Gasteiger partial charge in [-0.15, -0.1) is 0 Å². The van der Waals surface area contributed by atoms with Crippen LogP contribution in [-0.4, -0.2) is 20.1 Å². The fourth-order valence-corrected chi connectivity index (χ4v) is 2.86. The summed E-state index contributed by atoms with van der Waals surface area (Å²) in [7, 11) is 3.19. The number of hydrogen-bond donors (Lipinski definition) is 1. The largest absolute Gasteiger partial charge is 0.493 e. The Balaban J connectivity index is 1.77. The van der Waals surface area contributed by atoms with E-state index < -0.39 is 0 Å². The first-order valence-corrected chi connectivity index (χ1v) is 8.11. The molecule has 4 heteroatoms. The Kier molecular flexibility index (Phi) is 4.89. The van der Waals surface area contributed by atoms with Crippen LogP contribution < -0.4 is 14.8 Å². The van der Waals surface area contributed by atoms with Gasteiger partial charge < -0.3 is 14.8 Å².